The highest BCUT2D eigenvalue weighted by molar-refractivity contribution is 7.99. The van der Waals surface area contributed by atoms with E-state index in [1.165, 1.54) is 0 Å². The molecule has 1 aliphatic rings. The molecule has 0 bridgehead atoms. The topological polar surface area (TPSA) is 71.5 Å². The minimum Gasteiger partial charge on any atom is -0.477 e. The third-order valence-electron chi connectivity index (χ3n) is 3.23. The van der Waals surface area contributed by atoms with Crippen LogP contribution < -0.4 is 10.1 Å². The van der Waals surface area contributed by atoms with Gasteiger partial charge >= 0.3 is 0 Å². The fraction of sp³-hybridized carbons (Fsp3) is 0.562. The van der Waals surface area contributed by atoms with Crippen molar-refractivity contribution >= 4 is 23.6 Å². The third kappa shape index (κ3) is 4.37. The molecule has 0 aromatic carbocycles. The number of carbonyl (C=O) groups excluding carboxylic acids is 2. The smallest absolute Gasteiger partial charge is 0.260 e. The fourth-order valence-electron chi connectivity index (χ4n) is 2.27. The molecule has 0 aliphatic carbocycles. The lowest BCUT2D eigenvalue weighted by Crippen LogP contribution is -2.52. The number of amides is 2. The van der Waals surface area contributed by atoms with Gasteiger partial charge in [0.2, 0.25) is 11.8 Å². The Kier molecular flexibility index (Phi) is 5.51. The first-order chi connectivity index (χ1) is 10.8. The van der Waals surface area contributed by atoms with Gasteiger partial charge in [-0.25, -0.2) is 4.98 Å². The van der Waals surface area contributed by atoms with Gasteiger partial charge in [-0.15, -0.1) is 11.8 Å². The van der Waals surface area contributed by atoms with E-state index in [0.29, 0.717) is 29.7 Å². The second kappa shape index (κ2) is 7.21. The standard InChI is InChI=1S/C16H23N3O3S/c1-5-22-14-11(7-6-8-17-14)15(21)19-10-23-9-12(19)13(20)18-16(2,3)4/h6-8,12H,5,9-10H2,1-4H3,(H,18,20)/t12-/m0/s1. The van der Waals surface area contributed by atoms with E-state index >= 15 is 0 Å². The van der Waals surface area contributed by atoms with Crippen LogP contribution in [0, 0.1) is 0 Å². The van der Waals surface area contributed by atoms with E-state index in [-0.39, 0.29) is 17.4 Å². The van der Waals surface area contributed by atoms with E-state index in [2.05, 4.69) is 10.3 Å². The number of hydrogen-bond donors (Lipinski definition) is 1. The van der Waals surface area contributed by atoms with Crippen LogP contribution in [0.1, 0.15) is 38.1 Å². The Morgan fingerprint density at radius 3 is 2.87 bits per heavy atom. The van der Waals surface area contributed by atoms with Crippen molar-refractivity contribution in [1.82, 2.24) is 15.2 Å². The number of rotatable bonds is 4. The van der Waals surface area contributed by atoms with Crippen LogP contribution in [0.3, 0.4) is 0 Å². The van der Waals surface area contributed by atoms with Gasteiger partial charge < -0.3 is 15.0 Å². The first-order valence-corrected chi connectivity index (χ1v) is 8.77. The van der Waals surface area contributed by atoms with E-state index in [4.69, 9.17) is 4.74 Å². The Labute approximate surface area is 141 Å². The molecular formula is C16H23N3O3S. The molecule has 6 nitrogen and oxygen atoms in total. The maximum Gasteiger partial charge on any atom is 0.260 e. The van der Waals surface area contributed by atoms with E-state index < -0.39 is 6.04 Å². The zero-order valence-corrected chi connectivity index (χ0v) is 14.8. The summed E-state index contributed by atoms with van der Waals surface area (Å²) in [5, 5.41) is 2.94. The molecular weight excluding hydrogens is 314 g/mol. The highest BCUT2D eigenvalue weighted by Crippen LogP contribution is 2.26. The average Bonchev–Trinajstić information content (AvgIpc) is 2.95. The van der Waals surface area contributed by atoms with Gasteiger partial charge in [-0.1, -0.05) is 0 Å². The molecule has 1 aliphatic heterocycles. The van der Waals surface area contributed by atoms with Crippen molar-refractivity contribution in [2.75, 3.05) is 18.2 Å². The second-order valence-corrected chi connectivity index (χ2v) is 7.32. The van der Waals surface area contributed by atoms with Gasteiger partial charge in [-0.3, -0.25) is 9.59 Å². The molecule has 2 rings (SSSR count). The molecule has 2 heterocycles. The van der Waals surface area contributed by atoms with Crippen LogP contribution in [-0.2, 0) is 4.79 Å². The van der Waals surface area contributed by atoms with Crippen molar-refractivity contribution in [1.29, 1.82) is 0 Å². The van der Waals surface area contributed by atoms with Crippen LogP contribution in [0.15, 0.2) is 18.3 Å². The predicted octanol–water partition coefficient (Wildman–Crippen LogP) is 1.91. The summed E-state index contributed by atoms with van der Waals surface area (Å²) in [5.74, 6) is 1.05. The van der Waals surface area contributed by atoms with E-state index in [1.54, 1.807) is 35.0 Å². The third-order valence-corrected chi connectivity index (χ3v) is 4.24. The predicted molar refractivity (Wildman–Crippen MR) is 90.6 cm³/mol. The molecule has 1 aromatic rings. The molecule has 1 aromatic heterocycles. The van der Waals surface area contributed by atoms with Gasteiger partial charge in [0.05, 0.1) is 12.5 Å². The Bertz CT molecular complexity index is 586. The first kappa shape index (κ1) is 17.6. The van der Waals surface area contributed by atoms with Crippen LogP contribution in [0.25, 0.3) is 0 Å². The maximum atomic E-state index is 12.8. The Morgan fingerprint density at radius 1 is 1.48 bits per heavy atom. The van der Waals surface area contributed by atoms with Crippen LogP contribution in [-0.4, -0.2) is 51.5 Å². The quantitative estimate of drug-likeness (QED) is 0.909. The van der Waals surface area contributed by atoms with Gasteiger partial charge in [-0.05, 0) is 39.8 Å². The van der Waals surface area contributed by atoms with E-state index in [1.807, 2.05) is 27.7 Å². The second-order valence-electron chi connectivity index (χ2n) is 6.32. The largest absolute Gasteiger partial charge is 0.477 e. The van der Waals surface area contributed by atoms with Crippen molar-refractivity contribution in [2.45, 2.75) is 39.3 Å². The minimum absolute atomic E-state index is 0.127. The van der Waals surface area contributed by atoms with Crippen molar-refractivity contribution in [3.05, 3.63) is 23.9 Å². The number of nitrogens with one attached hydrogen (secondary N) is 1. The molecule has 0 unspecified atom stereocenters. The van der Waals surface area contributed by atoms with Crippen LogP contribution >= 0.6 is 11.8 Å². The molecule has 1 N–H and O–H groups in total. The van der Waals surface area contributed by atoms with E-state index in [0.717, 1.165) is 0 Å². The van der Waals surface area contributed by atoms with E-state index in [9.17, 15) is 9.59 Å². The molecule has 1 fully saturated rings. The molecule has 1 saturated heterocycles. The van der Waals surface area contributed by atoms with Crippen molar-refractivity contribution in [2.24, 2.45) is 0 Å². The summed E-state index contributed by atoms with van der Waals surface area (Å²) in [6.45, 7) is 8.04. The highest BCUT2D eigenvalue weighted by Gasteiger charge is 2.37. The number of nitrogens with zero attached hydrogens (tertiary/aromatic N) is 2. The van der Waals surface area contributed by atoms with Crippen LogP contribution in [0.4, 0.5) is 0 Å². The molecule has 0 saturated carbocycles. The monoisotopic (exact) mass is 337 g/mol. The van der Waals surface area contributed by atoms with Gasteiger partial charge in [0.15, 0.2) is 0 Å². The Morgan fingerprint density at radius 2 is 2.22 bits per heavy atom. The number of ether oxygens (including phenoxy) is 1. The summed E-state index contributed by atoms with van der Waals surface area (Å²) >= 11 is 1.57. The summed E-state index contributed by atoms with van der Waals surface area (Å²) in [5.41, 5.74) is 0.0644. The van der Waals surface area contributed by atoms with Gasteiger partial charge in [0.1, 0.15) is 11.6 Å². The lowest BCUT2D eigenvalue weighted by Gasteiger charge is -2.28. The summed E-state index contributed by atoms with van der Waals surface area (Å²) in [4.78, 5) is 31.0. The van der Waals surface area contributed by atoms with Gasteiger partial charge in [-0.2, -0.15) is 0 Å². The number of aromatic nitrogens is 1. The average molecular weight is 337 g/mol. The van der Waals surface area contributed by atoms with Crippen LogP contribution in [0.2, 0.25) is 0 Å². The number of hydrogen-bond acceptors (Lipinski definition) is 5. The Balaban J connectivity index is 2.20. The summed E-state index contributed by atoms with van der Waals surface area (Å²) < 4.78 is 5.43. The lowest BCUT2D eigenvalue weighted by atomic mass is 10.1. The fourth-order valence-corrected chi connectivity index (χ4v) is 3.43. The molecule has 2 amide bonds. The minimum atomic E-state index is -0.471. The number of pyridine rings is 1. The zero-order valence-electron chi connectivity index (χ0n) is 14.0. The summed E-state index contributed by atoms with van der Waals surface area (Å²) in [6, 6.07) is 2.91. The summed E-state index contributed by atoms with van der Waals surface area (Å²) in [7, 11) is 0. The van der Waals surface area contributed by atoms with Gasteiger partial charge in [0.25, 0.3) is 5.91 Å². The lowest BCUT2D eigenvalue weighted by molar-refractivity contribution is -0.125. The molecule has 0 spiro atoms. The van der Waals surface area contributed by atoms with Crippen molar-refractivity contribution < 1.29 is 14.3 Å². The molecule has 126 valence electrons. The van der Waals surface area contributed by atoms with Gasteiger partial charge in [0, 0.05) is 17.5 Å². The van der Waals surface area contributed by atoms with Crippen molar-refractivity contribution in [3.63, 3.8) is 0 Å². The molecule has 7 heteroatoms. The Hall–Kier alpha value is -1.76. The normalized spacial score (nSPS) is 17.9. The highest BCUT2D eigenvalue weighted by atomic mass is 32.2. The zero-order chi connectivity index (χ0) is 17.0. The van der Waals surface area contributed by atoms with Crippen molar-refractivity contribution in [3.8, 4) is 5.88 Å². The molecule has 1 atom stereocenters. The molecule has 0 radical (unpaired) electrons. The summed E-state index contributed by atoms with van der Waals surface area (Å²) in [6.07, 6.45) is 1.59. The SMILES string of the molecule is CCOc1ncccc1C(=O)N1CSC[C@H]1C(=O)NC(C)(C)C. The first-order valence-electron chi connectivity index (χ1n) is 7.62. The number of thioether (sulfide) groups is 1. The maximum absolute atomic E-state index is 12.8. The van der Waals surface area contributed by atoms with Crippen LogP contribution in [0.5, 0.6) is 5.88 Å². The molecule has 23 heavy (non-hydrogen) atoms. The number of carbonyl (C=O) groups is 2.